The van der Waals surface area contributed by atoms with Crippen molar-refractivity contribution in [2.75, 3.05) is 4.90 Å². The largest absolute Gasteiger partial charge is 0.286 e. The van der Waals surface area contributed by atoms with Gasteiger partial charge in [-0.1, -0.05) is 78.9 Å². The average Bonchev–Trinajstić information content (AvgIpc) is 3.01. The summed E-state index contributed by atoms with van der Waals surface area (Å²) in [4.78, 5) is 25.9. The maximum Gasteiger partial charge on any atom is 0.286 e. The van der Waals surface area contributed by atoms with E-state index in [1.807, 2.05) is 66.7 Å². The third kappa shape index (κ3) is 3.14. The maximum atomic E-state index is 12.8. The number of rotatable bonds is 3. The van der Waals surface area contributed by atoms with E-state index in [0.29, 0.717) is 17.0 Å². The van der Waals surface area contributed by atoms with E-state index < -0.39 is 5.91 Å². The lowest BCUT2D eigenvalue weighted by atomic mass is 10.0. The van der Waals surface area contributed by atoms with Crippen molar-refractivity contribution in [2.45, 2.75) is 6.92 Å². The number of hydrogen-bond acceptors (Lipinski definition) is 4. The van der Waals surface area contributed by atoms with Crippen molar-refractivity contribution in [2.24, 2.45) is 10.2 Å². The predicted octanol–water partition coefficient (Wildman–Crippen LogP) is 3.82. The van der Waals surface area contributed by atoms with Crippen LogP contribution < -0.4 is 4.90 Å². The summed E-state index contributed by atoms with van der Waals surface area (Å²) in [6.45, 7) is 1.36. The normalized spacial score (nSPS) is 14.1. The van der Waals surface area contributed by atoms with Crippen LogP contribution in [0.4, 0.5) is 5.69 Å². The van der Waals surface area contributed by atoms with E-state index in [2.05, 4.69) is 10.2 Å². The van der Waals surface area contributed by atoms with Crippen LogP contribution in [0.15, 0.2) is 95.1 Å². The molecule has 1 heterocycles. The number of anilines is 1. The zero-order valence-corrected chi connectivity index (χ0v) is 15.2. The van der Waals surface area contributed by atoms with Gasteiger partial charge in [0.25, 0.3) is 5.91 Å². The lowest BCUT2D eigenvalue weighted by molar-refractivity contribution is -0.121. The van der Waals surface area contributed by atoms with Gasteiger partial charge in [-0.15, -0.1) is 10.2 Å². The zero-order valence-electron chi connectivity index (χ0n) is 15.2. The summed E-state index contributed by atoms with van der Waals surface area (Å²) in [6, 6.07) is 26.4. The highest BCUT2D eigenvalue weighted by Crippen LogP contribution is 2.29. The number of amides is 2. The van der Waals surface area contributed by atoms with Gasteiger partial charge in [-0.25, -0.2) is 4.90 Å². The molecule has 3 aromatic carbocycles. The number of carbonyl (C=O) groups excluding carboxylic acids is 2. The Morgan fingerprint density at radius 1 is 0.786 bits per heavy atom. The van der Waals surface area contributed by atoms with Crippen LogP contribution in [0.3, 0.4) is 0 Å². The van der Waals surface area contributed by atoms with E-state index in [1.165, 1.54) is 6.92 Å². The molecule has 0 aromatic heterocycles. The summed E-state index contributed by atoms with van der Waals surface area (Å²) in [5, 5.41) is 8.73. The summed E-state index contributed by atoms with van der Waals surface area (Å²) in [5.41, 5.74) is 3.73. The topological polar surface area (TPSA) is 62.1 Å². The van der Waals surface area contributed by atoms with Crippen molar-refractivity contribution in [3.05, 3.63) is 102 Å². The van der Waals surface area contributed by atoms with E-state index in [4.69, 9.17) is 0 Å². The second kappa shape index (κ2) is 7.40. The molecule has 5 heteroatoms. The summed E-state index contributed by atoms with van der Waals surface area (Å²) >= 11 is 0. The fourth-order valence-electron chi connectivity index (χ4n) is 3.18. The van der Waals surface area contributed by atoms with Crippen LogP contribution in [-0.2, 0) is 9.59 Å². The molecule has 0 radical (unpaired) electrons. The Bertz CT molecular complexity index is 1060. The molecule has 0 atom stereocenters. The summed E-state index contributed by atoms with van der Waals surface area (Å²) in [6.07, 6.45) is 0. The molecule has 0 unspecified atom stereocenters. The van der Waals surface area contributed by atoms with Gasteiger partial charge in [0.05, 0.1) is 5.69 Å². The Hall–Kier alpha value is -3.86. The minimum absolute atomic E-state index is 0.162. The van der Waals surface area contributed by atoms with Gasteiger partial charge >= 0.3 is 0 Å². The lowest BCUT2D eigenvalue weighted by Gasteiger charge is -2.10. The predicted molar refractivity (Wildman–Crippen MR) is 110 cm³/mol. The van der Waals surface area contributed by atoms with Crippen LogP contribution in [0.2, 0.25) is 0 Å². The van der Waals surface area contributed by atoms with Crippen LogP contribution in [0.5, 0.6) is 0 Å². The highest BCUT2D eigenvalue weighted by Gasteiger charge is 2.36. The molecule has 5 nitrogen and oxygen atoms in total. The molecule has 0 bridgehead atoms. The number of imide groups is 1. The van der Waals surface area contributed by atoms with Gasteiger partial charge in [0.2, 0.25) is 5.91 Å². The van der Waals surface area contributed by atoms with Crippen LogP contribution in [0.1, 0.15) is 23.6 Å². The number of fused-ring (bicyclic) bond motifs is 1. The Balaban J connectivity index is 1.85. The average molecular weight is 367 g/mol. The molecule has 28 heavy (non-hydrogen) atoms. The first-order chi connectivity index (χ1) is 13.7. The monoisotopic (exact) mass is 367 g/mol. The van der Waals surface area contributed by atoms with E-state index in [0.717, 1.165) is 16.0 Å². The van der Waals surface area contributed by atoms with Gasteiger partial charge < -0.3 is 0 Å². The van der Waals surface area contributed by atoms with E-state index in [9.17, 15) is 9.59 Å². The van der Waals surface area contributed by atoms with E-state index in [-0.39, 0.29) is 11.6 Å². The fraction of sp³-hybridized carbons (Fsp3) is 0.0435. The number of carbonyl (C=O) groups is 2. The molecule has 4 rings (SSSR count). The third-order valence-corrected chi connectivity index (χ3v) is 4.47. The van der Waals surface area contributed by atoms with Crippen molar-refractivity contribution in [3.8, 4) is 0 Å². The summed E-state index contributed by atoms with van der Waals surface area (Å²) in [7, 11) is 0. The third-order valence-electron chi connectivity index (χ3n) is 4.47. The van der Waals surface area contributed by atoms with Crippen LogP contribution >= 0.6 is 0 Å². The molecule has 0 saturated carbocycles. The van der Waals surface area contributed by atoms with Crippen LogP contribution in [0, 0.1) is 0 Å². The molecule has 0 saturated heterocycles. The van der Waals surface area contributed by atoms with Crippen molar-refractivity contribution in [3.63, 3.8) is 0 Å². The van der Waals surface area contributed by atoms with Gasteiger partial charge in [0, 0.05) is 23.6 Å². The molecular formula is C23H17N3O2. The van der Waals surface area contributed by atoms with Gasteiger partial charge in [-0.05, 0) is 6.07 Å². The summed E-state index contributed by atoms with van der Waals surface area (Å²) in [5.74, 6) is -0.809. The highest BCUT2D eigenvalue weighted by atomic mass is 16.2. The quantitative estimate of drug-likeness (QED) is 0.522. The Kier molecular flexibility index (Phi) is 4.64. The lowest BCUT2D eigenvalue weighted by Crippen LogP contribution is -2.34. The molecule has 0 N–H and O–H groups in total. The Labute approximate surface area is 162 Å². The molecule has 0 fully saturated rings. The molecule has 136 valence electrons. The highest BCUT2D eigenvalue weighted by molar-refractivity contribution is 6.58. The fourth-order valence-corrected chi connectivity index (χ4v) is 3.18. The maximum absolute atomic E-state index is 12.8. The summed E-state index contributed by atoms with van der Waals surface area (Å²) < 4.78 is 0. The number of hydrogen-bond donors (Lipinski definition) is 0. The van der Waals surface area contributed by atoms with E-state index in [1.54, 1.807) is 18.2 Å². The Morgan fingerprint density at radius 2 is 1.32 bits per heavy atom. The zero-order chi connectivity index (χ0) is 19.5. The molecule has 0 aliphatic carbocycles. The van der Waals surface area contributed by atoms with Gasteiger partial charge in [-0.3, -0.25) is 9.59 Å². The Morgan fingerprint density at radius 3 is 1.89 bits per heavy atom. The standard InChI is InChI=1S/C23H17N3O2/c1-16(27)26-20-15-9-8-14-19(20)22(23(26)28)25-24-21(17-10-4-2-5-11-17)18-12-6-3-7-13-18/h2-15H,1H3/b25-22+. The smallest absolute Gasteiger partial charge is 0.274 e. The van der Waals surface area contributed by atoms with Crippen LogP contribution in [-0.4, -0.2) is 23.2 Å². The van der Waals surface area contributed by atoms with Crippen molar-refractivity contribution < 1.29 is 9.59 Å². The van der Waals surface area contributed by atoms with Crippen molar-refractivity contribution in [1.29, 1.82) is 0 Å². The molecule has 1 aliphatic heterocycles. The van der Waals surface area contributed by atoms with Crippen molar-refractivity contribution >= 4 is 28.9 Å². The van der Waals surface area contributed by atoms with E-state index >= 15 is 0 Å². The first-order valence-corrected chi connectivity index (χ1v) is 8.87. The van der Waals surface area contributed by atoms with Gasteiger partial charge in [0.15, 0.2) is 5.71 Å². The minimum atomic E-state index is -0.460. The number of benzene rings is 3. The molecule has 1 aliphatic rings. The number of nitrogens with zero attached hydrogens (tertiary/aromatic N) is 3. The SMILES string of the molecule is CC(=O)N1C(=O)/C(=N/N=C(c2ccccc2)c2ccccc2)c2ccccc21. The molecular weight excluding hydrogens is 350 g/mol. The number of para-hydroxylation sites is 1. The van der Waals surface area contributed by atoms with Crippen molar-refractivity contribution in [1.82, 2.24) is 0 Å². The molecule has 2 amide bonds. The molecule has 3 aromatic rings. The second-order valence-electron chi connectivity index (χ2n) is 6.31. The second-order valence-corrected chi connectivity index (χ2v) is 6.31. The molecule has 0 spiro atoms. The van der Waals surface area contributed by atoms with Gasteiger partial charge in [-0.2, -0.15) is 0 Å². The first-order valence-electron chi connectivity index (χ1n) is 8.87. The first kappa shape index (κ1) is 17.5. The minimum Gasteiger partial charge on any atom is -0.274 e. The van der Waals surface area contributed by atoms with Crippen LogP contribution in [0.25, 0.3) is 0 Å². The van der Waals surface area contributed by atoms with Gasteiger partial charge in [0.1, 0.15) is 5.71 Å².